The lowest BCUT2D eigenvalue weighted by molar-refractivity contribution is -0.137. The van der Waals surface area contributed by atoms with E-state index in [0.717, 1.165) is 25.3 Å². The van der Waals surface area contributed by atoms with Gasteiger partial charge in [-0.15, -0.1) is 0 Å². The van der Waals surface area contributed by atoms with Crippen LogP contribution in [0, 0.1) is 11.3 Å². The zero-order chi connectivity index (χ0) is 13.7. The van der Waals surface area contributed by atoms with Crippen molar-refractivity contribution in [3.63, 3.8) is 0 Å². The molecule has 0 aliphatic heterocycles. The number of hydrogen-bond donors (Lipinski definition) is 3. The van der Waals surface area contributed by atoms with Crippen LogP contribution in [0.3, 0.4) is 0 Å². The molecule has 19 heavy (non-hydrogen) atoms. The molecule has 5 nitrogen and oxygen atoms in total. The SMILES string of the molecule is O=C(O)CCCCCNC(=O)NCC1(C2CC2)CC1. The largest absolute Gasteiger partial charge is 0.481 e. The number of hydrogen-bond acceptors (Lipinski definition) is 2. The van der Waals surface area contributed by atoms with Gasteiger partial charge in [-0.05, 0) is 49.9 Å². The number of unbranched alkanes of at least 4 members (excludes halogenated alkanes) is 2. The van der Waals surface area contributed by atoms with Crippen LogP contribution in [0.25, 0.3) is 0 Å². The summed E-state index contributed by atoms with van der Waals surface area (Å²) in [5.74, 6) is 0.115. The molecule has 0 atom stereocenters. The summed E-state index contributed by atoms with van der Waals surface area (Å²) in [7, 11) is 0. The molecule has 2 amide bonds. The Hall–Kier alpha value is -1.26. The summed E-state index contributed by atoms with van der Waals surface area (Å²) in [5, 5.41) is 14.3. The third kappa shape index (κ3) is 4.73. The number of carboxylic acid groups (broad SMARTS) is 1. The van der Waals surface area contributed by atoms with Gasteiger partial charge in [-0.25, -0.2) is 4.79 Å². The van der Waals surface area contributed by atoms with Gasteiger partial charge in [0, 0.05) is 19.5 Å². The van der Waals surface area contributed by atoms with Crippen LogP contribution in [-0.4, -0.2) is 30.2 Å². The van der Waals surface area contributed by atoms with Gasteiger partial charge in [-0.3, -0.25) is 4.79 Å². The highest BCUT2D eigenvalue weighted by Gasteiger charge is 2.53. The molecule has 108 valence electrons. The van der Waals surface area contributed by atoms with E-state index in [-0.39, 0.29) is 12.5 Å². The van der Waals surface area contributed by atoms with Gasteiger partial charge >= 0.3 is 12.0 Å². The minimum Gasteiger partial charge on any atom is -0.481 e. The monoisotopic (exact) mass is 268 g/mol. The van der Waals surface area contributed by atoms with Crippen LogP contribution in [0.1, 0.15) is 51.4 Å². The van der Waals surface area contributed by atoms with E-state index < -0.39 is 5.97 Å². The summed E-state index contributed by atoms with van der Waals surface area (Å²) in [5.41, 5.74) is 0.443. The van der Waals surface area contributed by atoms with Crippen LogP contribution in [0.5, 0.6) is 0 Å². The Morgan fingerprint density at radius 3 is 2.42 bits per heavy atom. The summed E-state index contributed by atoms with van der Waals surface area (Å²) in [6.07, 6.45) is 7.81. The van der Waals surface area contributed by atoms with Crippen LogP contribution in [0.2, 0.25) is 0 Å². The van der Waals surface area contributed by atoms with Crippen molar-refractivity contribution in [3.8, 4) is 0 Å². The summed E-state index contributed by atoms with van der Waals surface area (Å²) in [6.45, 7) is 1.45. The van der Waals surface area contributed by atoms with Crippen LogP contribution in [0.15, 0.2) is 0 Å². The van der Waals surface area contributed by atoms with Crippen molar-refractivity contribution in [1.29, 1.82) is 0 Å². The molecule has 0 spiro atoms. The maximum absolute atomic E-state index is 11.6. The Kier molecular flexibility index (Phi) is 4.66. The van der Waals surface area contributed by atoms with Crippen molar-refractivity contribution >= 4 is 12.0 Å². The highest BCUT2D eigenvalue weighted by atomic mass is 16.4. The molecule has 0 aromatic heterocycles. The molecule has 0 radical (unpaired) electrons. The van der Waals surface area contributed by atoms with Gasteiger partial charge in [0.05, 0.1) is 0 Å². The first-order valence-corrected chi connectivity index (χ1v) is 7.36. The number of carbonyl (C=O) groups is 2. The van der Waals surface area contributed by atoms with Gasteiger partial charge in [0.1, 0.15) is 0 Å². The third-order valence-electron chi connectivity index (χ3n) is 4.29. The fraction of sp³-hybridized carbons (Fsp3) is 0.857. The van der Waals surface area contributed by atoms with Crippen molar-refractivity contribution in [1.82, 2.24) is 10.6 Å². The van der Waals surface area contributed by atoms with E-state index in [1.807, 2.05) is 0 Å². The van der Waals surface area contributed by atoms with Gasteiger partial charge in [-0.1, -0.05) is 6.42 Å². The van der Waals surface area contributed by atoms with E-state index >= 15 is 0 Å². The normalized spacial score (nSPS) is 19.8. The lowest BCUT2D eigenvalue weighted by Crippen LogP contribution is -2.39. The Balaban J connectivity index is 1.45. The fourth-order valence-corrected chi connectivity index (χ4v) is 2.68. The summed E-state index contributed by atoms with van der Waals surface area (Å²) in [6, 6.07) is -0.0786. The van der Waals surface area contributed by atoms with Crippen molar-refractivity contribution in [3.05, 3.63) is 0 Å². The summed E-state index contributed by atoms with van der Waals surface area (Å²) < 4.78 is 0. The Morgan fingerprint density at radius 2 is 1.84 bits per heavy atom. The van der Waals surface area contributed by atoms with Crippen LogP contribution >= 0.6 is 0 Å². The van der Waals surface area contributed by atoms with E-state index in [2.05, 4.69) is 10.6 Å². The number of rotatable bonds is 9. The second-order valence-corrected chi connectivity index (χ2v) is 5.95. The highest BCUT2D eigenvalue weighted by Crippen LogP contribution is 2.60. The standard InChI is InChI=1S/C14H24N2O3/c17-12(18)4-2-1-3-9-15-13(19)16-10-14(7-8-14)11-5-6-11/h11H,1-10H2,(H,17,18)(H2,15,16,19). The van der Waals surface area contributed by atoms with E-state index in [9.17, 15) is 9.59 Å². The van der Waals surface area contributed by atoms with E-state index in [4.69, 9.17) is 5.11 Å². The summed E-state index contributed by atoms with van der Waals surface area (Å²) >= 11 is 0. The molecule has 2 aliphatic rings. The number of carbonyl (C=O) groups excluding carboxylic acids is 1. The molecule has 2 aliphatic carbocycles. The van der Waals surface area contributed by atoms with Crippen LogP contribution in [0.4, 0.5) is 4.79 Å². The molecule has 2 rings (SSSR count). The van der Waals surface area contributed by atoms with Gasteiger partial charge in [0.2, 0.25) is 0 Å². The van der Waals surface area contributed by atoms with Crippen molar-refractivity contribution in [2.24, 2.45) is 11.3 Å². The Bertz CT molecular complexity index is 336. The lowest BCUT2D eigenvalue weighted by atomic mass is 10.0. The van der Waals surface area contributed by atoms with E-state index in [1.54, 1.807) is 0 Å². The molecule has 2 saturated carbocycles. The van der Waals surface area contributed by atoms with Gasteiger partial charge in [0.25, 0.3) is 0 Å². The molecule has 0 aromatic carbocycles. The molecule has 0 unspecified atom stereocenters. The molecule has 0 saturated heterocycles. The highest BCUT2D eigenvalue weighted by molar-refractivity contribution is 5.73. The molecule has 0 bridgehead atoms. The Labute approximate surface area is 114 Å². The van der Waals surface area contributed by atoms with Crippen LogP contribution in [-0.2, 0) is 4.79 Å². The topological polar surface area (TPSA) is 78.4 Å². The first-order chi connectivity index (χ1) is 9.12. The third-order valence-corrected chi connectivity index (χ3v) is 4.29. The van der Waals surface area contributed by atoms with E-state index in [1.165, 1.54) is 25.7 Å². The van der Waals surface area contributed by atoms with Gasteiger partial charge in [0.15, 0.2) is 0 Å². The number of nitrogens with one attached hydrogen (secondary N) is 2. The van der Waals surface area contributed by atoms with Crippen molar-refractivity contribution in [2.45, 2.75) is 51.4 Å². The molecule has 3 N–H and O–H groups in total. The van der Waals surface area contributed by atoms with Crippen molar-refractivity contribution in [2.75, 3.05) is 13.1 Å². The zero-order valence-electron chi connectivity index (χ0n) is 11.4. The average Bonchev–Trinajstić information content (AvgIpc) is 3.23. The molecular weight excluding hydrogens is 244 g/mol. The van der Waals surface area contributed by atoms with Crippen LogP contribution < -0.4 is 10.6 Å². The molecule has 0 heterocycles. The number of amides is 2. The predicted octanol–water partition coefficient (Wildman–Crippen LogP) is 2.12. The molecule has 2 fully saturated rings. The second kappa shape index (κ2) is 6.26. The quantitative estimate of drug-likeness (QED) is 0.560. The number of carboxylic acids is 1. The van der Waals surface area contributed by atoms with Gasteiger partial charge < -0.3 is 15.7 Å². The number of aliphatic carboxylic acids is 1. The first-order valence-electron chi connectivity index (χ1n) is 7.36. The average molecular weight is 268 g/mol. The minimum absolute atomic E-state index is 0.0786. The predicted molar refractivity (Wildman–Crippen MR) is 71.9 cm³/mol. The minimum atomic E-state index is -0.750. The molecule has 0 aromatic rings. The summed E-state index contributed by atoms with van der Waals surface area (Å²) in [4.78, 5) is 21.9. The smallest absolute Gasteiger partial charge is 0.314 e. The van der Waals surface area contributed by atoms with Gasteiger partial charge in [-0.2, -0.15) is 0 Å². The fourth-order valence-electron chi connectivity index (χ4n) is 2.68. The second-order valence-electron chi connectivity index (χ2n) is 5.95. The zero-order valence-corrected chi connectivity index (χ0v) is 11.4. The maximum Gasteiger partial charge on any atom is 0.314 e. The van der Waals surface area contributed by atoms with E-state index in [0.29, 0.717) is 18.4 Å². The molecule has 5 heteroatoms. The number of urea groups is 1. The molecular formula is C14H24N2O3. The first kappa shape index (κ1) is 14.2. The lowest BCUT2D eigenvalue weighted by Gasteiger charge is -2.15. The Morgan fingerprint density at radius 1 is 1.11 bits per heavy atom. The van der Waals surface area contributed by atoms with Crippen molar-refractivity contribution < 1.29 is 14.7 Å². The maximum atomic E-state index is 11.6.